The molecule has 0 bridgehead atoms. The fourth-order valence-electron chi connectivity index (χ4n) is 1.42. The van der Waals surface area contributed by atoms with Crippen LogP contribution in [0.3, 0.4) is 0 Å². The largest absolute Gasteiger partial charge is 0.486 e. The number of nitrogens with one attached hydrogen (secondary N) is 1. The Labute approximate surface area is 114 Å². The van der Waals surface area contributed by atoms with Gasteiger partial charge in [-0.2, -0.15) is 5.26 Å². The van der Waals surface area contributed by atoms with Crippen molar-refractivity contribution in [3.8, 4) is 17.7 Å². The summed E-state index contributed by atoms with van der Waals surface area (Å²) < 4.78 is 10.9. The zero-order valence-corrected chi connectivity index (χ0v) is 11.1. The van der Waals surface area contributed by atoms with Gasteiger partial charge in [-0.3, -0.25) is 5.32 Å². The average Bonchev–Trinajstić information content (AvgIpc) is 2.39. The van der Waals surface area contributed by atoms with Gasteiger partial charge in [-0.15, -0.1) is 0 Å². The third-order valence-corrected chi connectivity index (χ3v) is 3.07. The summed E-state index contributed by atoms with van der Waals surface area (Å²) in [5, 5.41) is 12.0. The molecule has 0 fully saturated rings. The third-order valence-electron chi connectivity index (χ3n) is 2.19. The number of hydrogen-bond donors (Lipinski definition) is 1. The molecule has 18 heavy (non-hydrogen) atoms. The van der Waals surface area contributed by atoms with E-state index < -0.39 is 0 Å². The summed E-state index contributed by atoms with van der Waals surface area (Å²) in [6, 6.07) is 3.37. The second-order valence-electron chi connectivity index (χ2n) is 3.31. The predicted octanol–water partition coefficient (Wildman–Crippen LogP) is 2.53. The van der Waals surface area contributed by atoms with E-state index in [4.69, 9.17) is 26.3 Å². The molecule has 1 aliphatic rings. The quantitative estimate of drug-likeness (QED) is 0.371. The molecule has 1 aliphatic heterocycles. The van der Waals surface area contributed by atoms with Crippen LogP contribution in [0.2, 0.25) is 5.02 Å². The topological polar surface area (TPSA) is 66.6 Å². The zero-order valence-electron chi connectivity index (χ0n) is 9.57. The number of thioether (sulfide) groups is 1. The van der Waals surface area contributed by atoms with E-state index in [1.54, 1.807) is 12.1 Å². The van der Waals surface area contributed by atoms with Crippen LogP contribution in [0.25, 0.3) is 0 Å². The second kappa shape index (κ2) is 5.85. The molecule has 0 aliphatic carbocycles. The lowest BCUT2D eigenvalue weighted by Crippen LogP contribution is -2.15. The van der Waals surface area contributed by atoms with Crippen LogP contribution in [0.4, 0.5) is 5.69 Å². The normalized spacial score (nSPS) is 13.9. The molecule has 0 atom stereocenters. The molecule has 0 aromatic heterocycles. The minimum absolute atomic E-state index is 0.450. The Bertz CT molecular complexity index is 528. The molecule has 0 radical (unpaired) electrons. The standard InChI is InChI=1S/C11H10ClN3O2S/c1-18-11(14-6-13)15-8-5-10-9(4-7(8)12)16-2-3-17-10/h4-5H,2-3H2,1H3,(H,14,15). The monoisotopic (exact) mass is 283 g/mol. The SMILES string of the molecule is CSC(=Nc1cc2c(cc1Cl)OCCO2)NC#N. The molecule has 0 saturated carbocycles. The smallest absolute Gasteiger partial charge is 0.183 e. The molecule has 1 heterocycles. The molecule has 2 rings (SSSR count). The molecule has 94 valence electrons. The van der Waals surface area contributed by atoms with E-state index in [-0.39, 0.29) is 0 Å². The van der Waals surface area contributed by atoms with Gasteiger partial charge in [0.25, 0.3) is 0 Å². The van der Waals surface area contributed by atoms with Crippen molar-refractivity contribution in [2.45, 2.75) is 0 Å². The second-order valence-corrected chi connectivity index (χ2v) is 4.51. The number of aliphatic imine (C=N–C) groups is 1. The number of hydrogen-bond acceptors (Lipinski definition) is 5. The van der Waals surface area contributed by atoms with E-state index in [2.05, 4.69) is 10.3 Å². The van der Waals surface area contributed by atoms with E-state index in [1.807, 2.05) is 12.4 Å². The predicted molar refractivity (Wildman–Crippen MR) is 71.8 cm³/mol. The van der Waals surface area contributed by atoms with E-state index in [0.29, 0.717) is 40.6 Å². The van der Waals surface area contributed by atoms with Crippen molar-refractivity contribution in [1.29, 1.82) is 5.26 Å². The molecule has 0 spiro atoms. The number of ether oxygens (including phenoxy) is 2. The van der Waals surface area contributed by atoms with E-state index in [9.17, 15) is 0 Å². The van der Waals surface area contributed by atoms with E-state index in [0.717, 1.165) is 0 Å². The van der Waals surface area contributed by atoms with Gasteiger partial charge in [0.1, 0.15) is 13.2 Å². The maximum Gasteiger partial charge on any atom is 0.183 e. The number of nitriles is 1. The van der Waals surface area contributed by atoms with Gasteiger partial charge in [-0.25, -0.2) is 4.99 Å². The molecule has 1 aromatic rings. The van der Waals surface area contributed by atoms with Crippen molar-refractivity contribution in [3.05, 3.63) is 17.2 Å². The van der Waals surface area contributed by atoms with Crippen LogP contribution in [0.1, 0.15) is 0 Å². The zero-order chi connectivity index (χ0) is 13.0. The van der Waals surface area contributed by atoms with Gasteiger partial charge in [0.15, 0.2) is 22.9 Å². The van der Waals surface area contributed by atoms with Gasteiger partial charge >= 0.3 is 0 Å². The first-order valence-electron chi connectivity index (χ1n) is 5.11. The number of fused-ring (bicyclic) bond motifs is 1. The Morgan fingerprint density at radius 2 is 2.11 bits per heavy atom. The van der Waals surface area contributed by atoms with Gasteiger partial charge in [0, 0.05) is 12.1 Å². The maximum absolute atomic E-state index is 8.57. The first-order chi connectivity index (χ1) is 8.74. The van der Waals surface area contributed by atoms with Crippen LogP contribution < -0.4 is 14.8 Å². The number of rotatable bonds is 1. The van der Waals surface area contributed by atoms with Crippen molar-refractivity contribution in [1.82, 2.24) is 5.32 Å². The first kappa shape index (κ1) is 12.9. The molecule has 1 N–H and O–H groups in total. The summed E-state index contributed by atoms with van der Waals surface area (Å²) in [5.41, 5.74) is 0.535. The number of amidine groups is 1. The summed E-state index contributed by atoms with van der Waals surface area (Å²) in [7, 11) is 0. The Morgan fingerprint density at radius 1 is 1.44 bits per heavy atom. The van der Waals surface area contributed by atoms with Crippen molar-refractivity contribution in [3.63, 3.8) is 0 Å². The van der Waals surface area contributed by atoms with Gasteiger partial charge in [-0.05, 0) is 6.26 Å². The fraction of sp³-hybridized carbons (Fsp3) is 0.273. The molecule has 0 saturated heterocycles. The van der Waals surface area contributed by atoms with Crippen LogP contribution in [-0.4, -0.2) is 24.6 Å². The van der Waals surface area contributed by atoms with Crippen LogP contribution in [0, 0.1) is 11.5 Å². The van der Waals surface area contributed by atoms with Gasteiger partial charge in [-0.1, -0.05) is 23.4 Å². The third kappa shape index (κ3) is 2.81. The summed E-state index contributed by atoms with van der Waals surface area (Å²) >= 11 is 7.42. The summed E-state index contributed by atoms with van der Waals surface area (Å²) in [6.45, 7) is 1.02. The Balaban J connectivity index is 2.36. The number of halogens is 1. The fourth-order valence-corrected chi connectivity index (χ4v) is 1.95. The van der Waals surface area contributed by atoms with E-state index >= 15 is 0 Å². The molecule has 7 heteroatoms. The minimum Gasteiger partial charge on any atom is -0.486 e. The average molecular weight is 284 g/mol. The van der Waals surface area contributed by atoms with Crippen LogP contribution in [0.5, 0.6) is 11.5 Å². The molecule has 5 nitrogen and oxygen atoms in total. The molecular formula is C11H10ClN3O2S. The first-order valence-corrected chi connectivity index (χ1v) is 6.72. The highest BCUT2D eigenvalue weighted by molar-refractivity contribution is 8.13. The Kier molecular flexibility index (Phi) is 4.18. The summed E-state index contributed by atoms with van der Waals surface area (Å²) in [6.07, 6.45) is 3.63. The van der Waals surface area contributed by atoms with Crippen molar-refractivity contribution < 1.29 is 9.47 Å². The van der Waals surface area contributed by atoms with Crippen molar-refractivity contribution in [2.24, 2.45) is 4.99 Å². The summed E-state index contributed by atoms with van der Waals surface area (Å²) in [4.78, 5) is 4.25. The summed E-state index contributed by atoms with van der Waals surface area (Å²) in [5.74, 6) is 1.23. The lowest BCUT2D eigenvalue weighted by atomic mass is 10.2. The van der Waals surface area contributed by atoms with E-state index in [1.165, 1.54) is 11.8 Å². The van der Waals surface area contributed by atoms with Crippen LogP contribution >= 0.6 is 23.4 Å². The van der Waals surface area contributed by atoms with Crippen molar-refractivity contribution in [2.75, 3.05) is 19.5 Å². The highest BCUT2D eigenvalue weighted by Gasteiger charge is 2.15. The molecular weight excluding hydrogens is 274 g/mol. The lowest BCUT2D eigenvalue weighted by molar-refractivity contribution is 0.171. The van der Waals surface area contributed by atoms with Gasteiger partial charge < -0.3 is 9.47 Å². The molecule has 0 unspecified atom stereocenters. The molecule has 1 aromatic carbocycles. The maximum atomic E-state index is 8.57. The molecule has 0 amide bonds. The minimum atomic E-state index is 0.450. The Morgan fingerprint density at radius 3 is 2.72 bits per heavy atom. The lowest BCUT2D eigenvalue weighted by Gasteiger charge is -2.19. The number of benzene rings is 1. The highest BCUT2D eigenvalue weighted by Crippen LogP contribution is 2.39. The van der Waals surface area contributed by atoms with Crippen LogP contribution in [0.15, 0.2) is 17.1 Å². The van der Waals surface area contributed by atoms with Gasteiger partial charge in [0.2, 0.25) is 0 Å². The Hall–Kier alpha value is -1.58. The van der Waals surface area contributed by atoms with Crippen molar-refractivity contribution >= 4 is 34.2 Å². The highest BCUT2D eigenvalue weighted by atomic mass is 35.5. The number of nitrogens with zero attached hydrogens (tertiary/aromatic N) is 2. The van der Waals surface area contributed by atoms with Gasteiger partial charge in [0.05, 0.1) is 10.7 Å². The van der Waals surface area contributed by atoms with Crippen LogP contribution in [-0.2, 0) is 0 Å².